The van der Waals surface area contributed by atoms with Crippen LogP contribution in [-0.2, 0) is 10.2 Å². The fourth-order valence-corrected chi connectivity index (χ4v) is 2.96. The summed E-state index contributed by atoms with van der Waals surface area (Å²) >= 11 is 3.27. The normalized spacial score (nSPS) is 12.5. The quantitative estimate of drug-likeness (QED) is 0.901. The van der Waals surface area contributed by atoms with Crippen LogP contribution < -0.4 is 9.44 Å². The topological polar surface area (TPSA) is 58.2 Å². The molecule has 0 aliphatic rings. The first-order chi connectivity index (χ1) is 7.20. The van der Waals surface area contributed by atoms with Gasteiger partial charge in [0.2, 0.25) is 0 Å². The van der Waals surface area contributed by atoms with Crippen LogP contribution in [0.4, 0.5) is 5.69 Å². The third kappa shape index (κ3) is 4.51. The molecule has 0 aliphatic carbocycles. The number of benzene rings is 1. The summed E-state index contributed by atoms with van der Waals surface area (Å²) in [5, 5.41) is 0. The number of nitrogens with one attached hydrogen (secondary N) is 2. The summed E-state index contributed by atoms with van der Waals surface area (Å²) in [5.41, 5.74) is 0.00634. The van der Waals surface area contributed by atoms with E-state index in [-0.39, 0.29) is 0 Å². The molecule has 0 radical (unpaired) electrons. The van der Waals surface area contributed by atoms with Crippen molar-refractivity contribution in [2.75, 3.05) is 4.72 Å². The molecular formula is C10H15BrN2O2S. The van der Waals surface area contributed by atoms with Crippen molar-refractivity contribution in [3.05, 3.63) is 28.7 Å². The van der Waals surface area contributed by atoms with Gasteiger partial charge < -0.3 is 0 Å². The van der Waals surface area contributed by atoms with E-state index in [2.05, 4.69) is 25.4 Å². The second-order valence-corrected chi connectivity index (χ2v) is 6.71. The molecule has 0 heterocycles. The molecule has 1 aromatic carbocycles. The van der Waals surface area contributed by atoms with Crippen LogP contribution in [0.2, 0.25) is 0 Å². The third-order valence-electron chi connectivity index (χ3n) is 1.56. The summed E-state index contributed by atoms with van der Waals surface area (Å²) in [5.74, 6) is 0. The molecule has 0 saturated carbocycles. The van der Waals surface area contributed by atoms with Gasteiger partial charge in [0.1, 0.15) is 0 Å². The molecule has 90 valence electrons. The van der Waals surface area contributed by atoms with Gasteiger partial charge >= 0.3 is 0 Å². The van der Waals surface area contributed by atoms with Crippen LogP contribution in [0.3, 0.4) is 0 Å². The van der Waals surface area contributed by atoms with Crippen LogP contribution in [-0.4, -0.2) is 14.0 Å². The fraction of sp³-hybridized carbons (Fsp3) is 0.400. The lowest BCUT2D eigenvalue weighted by Gasteiger charge is -2.21. The minimum atomic E-state index is -3.54. The van der Waals surface area contributed by atoms with Gasteiger partial charge in [-0.15, -0.1) is 0 Å². The van der Waals surface area contributed by atoms with Gasteiger partial charge in [-0.1, -0.05) is 12.1 Å². The predicted octanol–water partition coefficient (Wildman–Crippen LogP) is 2.49. The highest BCUT2D eigenvalue weighted by atomic mass is 79.9. The van der Waals surface area contributed by atoms with Gasteiger partial charge in [0.05, 0.1) is 5.69 Å². The number of rotatable bonds is 3. The van der Waals surface area contributed by atoms with Gasteiger partial charge in [-0.2, -0.15) is 13.1 Å². The molecule has 6 heteroatoms. The highest BCUT2D eigenvalue weighted by Gasteiger charge is 2.20. The highest BCUT2D eigenvalue weighted by Crippen LogP contribution is 2.22. The number of hydrogen-bond donors (Lipinski definition) is 2. The molecule has 16 heavy (non-hydrogen) atoms. The summed E-state index contributed by atoms with van der Waals surface area (Å²) in [7, 11) is -3.54. The van der Waals surface area contributed by atoms with Crippen LogP contribution in [0.1, 0.15) is 20.8 Å². The van der Waals surface area contributed by atoms with Crippen molar-refractivity contribution in [3.8, 4) is 0 Å². The highest BCUT2D eigenvalue weighted by molar-refractivity contribution is 9.10. The summed E-state index contributed by atoms with van der Waals surface area (Å²) < 4.78 is 29.1. The van der Waals surface area contributed by atoms with Crippen LogP contribution in [0.5, 0.6) is 0 Å². The van der Waals surface area contributed by atoms with E-state index in [0.717, 1.165) is 0 Å². The van der Waals surface area contributed by atoms with Crippen molar-refractivity contribution >= 4 is 31.8 Å². The zero-order valence-electron chi connectivity index (χ0n) is 9.41. The number of hydrogen-bond acceptors (Lipinski definition) is 2. The van der Waals surface area contributed by atoms with E-state index in [9.17, 15) is 8.42 Å². The molecule has 2 N–H and O–H groups in total. The van der Waals surface area contributed by atoms with Crippen LogP contribution in [0.15, 0.2) is 28.7 Å². The van der Waals surface area contributed by atoms with Crippen LogP contribution in [0.25, 0.3) is 0 Å². The maximum absolute atomic E-state index is 11.7. The number of halogens is 1. The largest absolute Gasteiger partial charge is 0.299 e. The molecule has 0 saturated heterocycles. The van der Waals surface area contributed by atoms with E-state index in [1.54, 1.807) is 39.0 Å². The SMILES string of the molecule is CC(C)(C)NS(=O)(=O)Nc1ccccc1Br. The first kappa shape index (κ1) is 13.5. The van der Waals surface area contributed by atoms with Gasteiger partial charge in [0, 0.05) is 10.0 Å². The Bertz CT molecular complexity index is 466. The van der Waals surface area contributed by atoms with E-state index in [4.69, 9.17) is 0 Å². The van der Waals surface area contributed by atoms with E-state index >= 15 is 0 Å². The van der Waals surface area contributed by atoms with Crippen molar-refractivity contribution in [2.24, 2.45) is 0 Å². The minimum absolute atomic E-state index is 0.507. The average Bonchev–Trinajstić information content (AvgIpc) is 2.04. The van der Waals surface area contributed by atoms with E-state index < -0.39 is 15.7 Å². The van der Waals surface area contributed by atoms with Gasteiger partial charge in [0.25, 0.3) is 10.2 Å². The third-order valence-corrected chi connectivity index (χ3v) is 3.62. The molecule has 1 rings (SSSR count). The molecule has 0 aromatic heterocycles. The Kier molecular flexibility index (Phi) is 3.98. The Morgan fingerprint density at radius 3 is 2.25 bits per heavy atom. The van der Waals surface area contributed by atoms with Gasteiger partial charge in [0.15, 0.2) is 0 Å². The second kappa shape index (κ2) is 4.73. The fourth-order valence-electron chi connectivity index (χ4n) is 1.12. The molecule has 0 unspecified atom stereocenters. The van der Waals surface area contributed by atoms with E-state index in [0.29, 0.717) is 10.2 Å². The second-order valence-electron chi connectivity index (χ2n) is 4.44. The molecule has 0 atom stereocenters. The van der Waals surface area contributed by atoms with Crippen molar-refractivity contribution in [3.63, 3.8) is 0 Å². The van der Waals surface area contributed by atoms with Crippen molar-refractivity contribution in [2.45, 2.75) is 26.3 Å². The first-order valence-electron chi connectivity index (χ1n) is 4.76. The Labute approximate surface area is 105 Å². The van der Waals surface area contributed by atoms with Crippen molar-refractivity contribution < 1.29 is 8.42 Å². The number of anilines is 1. The Morgan fingerprint density at radius 1 is 1.19 bits per heavy atom. The van der Waals surface area contributed by atoms with E-state index in [1.165, 1.54) is 0 Å². The smallest absolute Gasteiger partial charge is 0.270 e. The molecule has 0 amide bonds. The van der Waals surface area contributed by atoms with Crippen molar-refractivity contribution in [1.82, 2.24) is 4.72 Å². The van der Waals surface area contributed by atoms with Gasteiger partial charge in [-0.3, -0.25) is 4.72 Å². The lowest BCUT2D eigenvalue weighted by Crippen LogP contribution is -2.43. The molecule has 0 fully saturated rings. The lowest BCUT2D eigenvalue weighted by atomic mass is 10.1. The van der Waals surface area contributed by atoms with Crippen LogP contribution in [0, 0.1) is 0 Å². The van der Waals surface area contributed by atoms with Gasteiger partial charge in [-0.05, 0) is 48.8 Å². The monoisotopic (exact) mass is 306 g/mol. The molecular weight excluding hydrogens is 292 g/mol. The Morgan fingerprint density at radius 2 is 1.75 bits per heavy atom. The zero-order valence-corrected chi connectivity index (χ0v) is 11.8. The van der Waals surface area contributed by atoms with E-state index in [1.807, 2.05) is 6.07 Å². The summed E-state index contributed by atoms with van der Waals surface area (Å²) in [6.07, 6.45) is 0. The maximum Gasteiger partial charge on any atom is 0.299 e. The minimum Gasteiger partial charge on any atom is -0.270 e. The predicted molar refractivity (Wildman–Crippen MR) is 69.6 cm³/mol. The zero-order chi connectivity index (χ0) is 12.4. The van der Waals surface area contributed by atoms with Crippen LogP contribution >= 0.6 is 15.9 Å². The summed E-state index contributed by atoms with van der Waals surface area (Å²) in [6, 6.07) is 7.04. The van der Waals surface area contributed by atoms with Crippen molar-refractivity contribution in [1.29, 1.82) is 0 Å². The summed E-state index contributed by atoms with van der Waals surface area (Å²) in [4.78, 5) is 0. The lowest BCUT2D eigenvalue weighted by molar-refractivity contribution is 0.494. The average molecular weight is 307 g/mol. The molecule has 1 aromatic rings. The molecule has 0 spiro atoms. The Balaban J connectivity index is 2.86. The number of para-hydroxylation sites is 1. The first-order valence-corrected chi connectivity index (χ1v) is 7.03. The molecule has 4 nitrogen and oxygen atoms in total. The molecule has 0 aliphatic heterocycles. The summed E-state index contributed by atoms with van der Waals surface area (Å²) in [6.45, 7) is 5.35. The molecule has 0 bridgehead atoms. The maximum atomic E-state index is 11.7. The Hall–Kier alpha value is -0.590. The van der Waals surface area contributed by atoms with Gasteiger partial charge in [-0.25, -0.2) is 0 Å². The standard InChI is InChI=1S/C10H15BrN2O2S/c1-10(2,3)13-16(14,15)12-9-7-5-4-6-8(9)11/h4-7,12-13H,1-3H3.